The first-order valence-corrected chi connectivity index (χ1v) is 8.64. The van der Waals surface area contributed by atoms with E-state index in [1.54, 1.807) is 18.2 Å². The molecule has 0 fully saturated rings. The minimum atomic E-state index is -0.675. The summed E-state index contributed by atoms with van der Waals surface area (Å²) < 4.78 is 29.5. The van der Waals surface area contributed by atoms with Crippen molar-refractivity contribution in [3.63, 3.8) is 0 Å². The maximum Gasteiger partial charge on any atom is 0.179 e. The summed E-state index contributed by atoms with van der Waals surface area (Å²) in [4.78, 5) is 12.5. The summed E-state index contributed by atoms with van der Waals surface area (Å²) in [6, 6.07) is 10.6. The third-order valence-corrected chi connectivity index (χ3v) is 4.87. The van der Waals surface area contributed by atoms with Crippen molar-refractivity contribution in [3.05, 3.63) is 59.3 Å². The van der Waals surface area contributed by atoms with Crippen LogP contribution in [0, 0.1) is 23.0 Å². The molecular weight excluding hydrogens is 334 g/mol. The molecule has 0 bridgehead atoms. The fourth-order valence-electron chi connectivity index (χ4n) is 3.73. The van der Waals surface area contributed by atoms with Gasteiger partial charge in [0.1, 0.15) is 11.6 Å². The van der Waals surface area contributed by atoms with Gasteiger partial charge in [-0.2, -0.15) is 5.26 Å². The molecular formula is C21H18F2N2O. The minimum absolute atomic E-state index is 0. The minimum Gasteiger partial charge on any atom is -0.338 e. The molecule has 0 amide bonds. The van der Waals surface area contributed by atoms with Crippen LogP contribution < -0.4 is 0 Å². The second kappa shape index (κ2) is 6.38. The highest BCUT2D eigenvalue weighted by Crippen LogP contribution is 2.35. The molecule has 4 rings (SSSR count). The zero-order valence-corrected chi connectivity index (χ0v) is 14.1. The number of benzene rings is 2. The Morgan fingerprint density at radius 1 is 1.00 bits per heavy atom. The SMILES string of the molecule is N#Cc1cc(-c2cc(F)cc(F)c2)c2c(c1)cc1n2CCCCCC1=O.[HH]. The van der Waals surface area contributed by atoms with Crippen molar-refractivity contribution in [2.24, 2.45) is 0 Å². The average molecular weight is 352 g/mol. The van der Waals surface area contributed by atoms with E-state index in [9.17, 15) is 18.8 Å². The summed E-state index contributed by atoms with van der Waals surface area (Å²) in [6.07, 6.45) is 3.25. The normalized spacial score (nSPS) is 14.6. The number of nitrogens with zero attached hydrogens (tertiary/aromatic N) is 2. The van der Waals surface area contributed by atoms with Crippen LogP contribution in [-0.2, 0) is 6.54 Å². The van der Waals surface area contributed by atoms with Crippen LogP contribution in [0.25, 0.3) is 22.0 Å². The zero-order valence-electron chi connectivity index (χ0n) is 14.1. The molecule has 1 aromatic heterocycles. The number of hydrogen-bond donors (Lipinski definition) is 0. The number of nitriles is 1. The lowest BCUT2D eigenvalue weighted by Crippen LogP contribution is -2.12. The lowest BCUT2D eigenvalue weighted by molar-refractivity contribution is 0.0966. The molecule has 26 heavy (non-hydrogen) atoms. The van der Waals surface area contributed by atoms with E-state index in [4.69, 9.17) is 0 Å². The monoisotopic (exact) mass is 352 g/mol. The first-order chi connectivity index (χ1) is 12.6. The van der Waals surface area contributed by atoms with Gasteiger partial charge in [0.15, 0.2) is 5.78 Å². The fraction of sp³-hybridized carbons (Fsp3) is 0.238. The lowest BCUT2D eigenvalue weighted by atomic mass is 10.00. The molecule has 0 unspecified atom stereocenters. The van der Waals surface area contributed by atoms with E-state index in [1.165, 1.54) is 12.1 Å². The Labute approximate surface area is 151 Å². The Morgan fingerprint density at radius 3 is 2.50 bits per heavy atom. The zero-order chi connectivity index (χ0) is 18.3. The average Bonchev–Trinajstić information content (AvgIpc) is 2.96. The number of aryl methyl sites for hydroxylation is 1. The van der Waals surface area contributed by atoms with Crippen LogP contribution in [0.1, 0.15) is 43.2 Å². The van der Waals surface area contributed by atoms with Gasteiger partial charge in [-0.1, -0.05) is 6.42 Å². The van der Waals surface area contributed by atoms with Crippen molar-refractivity contribution in [3.8, 4) is 17.2 Å². The molecule has 3 aromatic rings. The lowest BCUT2D eigenvalue weighted by Gasteiger charge is -2.16. The Hall–Kier alpha value is -3.00. The van der Waals surface area contributed by atoms with Gasteiger partial charge in [0, 0.05) is 31.4 Å². The van der Waals surface area contributed by atoms with E-state index in [0.717, 1.165) is 36.2 Å². The van der Waals surface area contributed by atoms with Crippen LogP contribution in [-0.4, -0.2) is 10.4 Å². The highest BCUT2D eigenvalue weighted by Gasteiger charge is 2.21. The number of carbonyl (C=O) groups is 1. The van der Waals surface area contributed by atoms with Crippen LogP contribution in [0.2, 0.25) is 0 Å². The standard InChI is InChI=1S/C21H16F2N2O.H2/c22-16-8-14(9-17(23)11-16)18-7-13(12-24)6-15-10-19-20(26)4-2-1-3-5-25(19)21(15)18;/h6-11H,1-5H2;1H. The van der Waals surface area contributed by atoms with Gasteiger partial charge >= 0.3 is 0 Å². The Kier molecular flexibility index (Phi) is 4.04. The van der Waals surface area contributed by atoms with Gasteiger partial charge in [0.2, 0.25) is 0 Å². The Morgan fingerprint density at radius 2 is 1.77 bits per heavy atom. The predicted octanol–water partition coefficient (Wildman–Crippen LogP) is 5.46. The fourth-order valence-corrected chi connectivity index (χ4v) is 3.73. The van der Waals surface area contributed by atoms with E-state index in [2.05, 4.69) is 6.07 Å². The third-order valence-electron chi connectivity index (χ3n) is 4.87. The van der Waals surface area contributed by atoms with Crippen molar-refractivity contribution < 1.29 is 15.0 Å². The van der Waals surface area contributed by atoms with Crippen molar-refractivity contribution in [1.29, 1.82) is 5.26 Å². The Bertz CT molecular complexity index is 1060. The molecule has 1 aliphatic heterocycles. The largest absolute Gasteiger partial charge is 0.338 e. The maximum atomic E-state index is 13.8. The molecule has 0 saturated heterocycles. The molecule has 132 valence electrons. The summed E-state index contributed by atoms with van der Waals surface area (Å²) in [5, 5.41) is 10.1. The van der Waals surface area contributed by atoms with Crippen LogP contribution in [0.15, 0.2) is 36.4 Å². The molecule has 1 aliphatic rings. The van der Waals surface area contributed by atoms with Crippen LogP contribution in [0.4, 0.5) is 8.78 Å². The van der Waals surface area contributed by atoms with Crippen molar-refractivity contribution >= 4 is 16.7 Å². The number of fused-ring (bicyclic) bond motifs is 3. The molecule has 2 heterocycles. The first kappa shape index (κ1) is 16.5. The van der Waals surface area contributed by atoms with E-state index in [0.29, 0.717) is 35.3 Å². The molecule has 2 aromatic carbocycles. The van der Waals surface area contributed by atoms with Gasteiger partial charge in [0.05, 0.1) is 22.8 Å². The second-order valence-corrected chi connectivity index (χ2v) is 6.65. The smallest absolute Gasteiger partial charge is 0.179 e. The number of ketones is 1. The quantitative estimate of drug-likeness (QED) is 0.584. The van der Waals surface area contributed by atoms with E-state index in [1.807, 2.05) is 4.57 Å². The molecule has 0 saturated carbocycles. The number of Topliss-reactive ketones (excluding diaryl/α,β-unsaturated/α-hetero) is 1. The van der Waals surface area contributed by atoms with Gasteiger partial charge in [-0.15, -0.1) is 0 Å². The molecule has 0 atom stereocenters. The molecule has 0 aliphatic carbocycles. The maximum absolute atomic E-state index is 13.8. The first-order valence-electron chi connectivity index (χ1n) is 8.64. The Balaban J connectivity index is 0.00000210. The number of hydrogen-bond acceptors (Lipinski definition) is 2. The number of carbonyl (C=O) groups excluding carboxylic acids is 1. The number of halogens is 2. The number of aromatic nitrogens is 1. The summed E-state index contributed by atoms with van der Waals surface area (Å²) >= 11 is 0. The molecule has 5 heteroatoms. The predicted molar refractivity (Wildman–Crippen MR) is 96.9 cm³/mol. The van der Waals surface area contributed by atoms with Gasteiger partial charge in [0.25, 0.3) is 0 Å². The van der Waals surface area contributed by atoms with Crippen molar-refractivity contribution in [2.45, 2.75) is 32.2 Å². The summed E-state index contributed by atoms with van der Waals surface area (Å²) in [7, 11) is 0. The van der Waals surface area contributed by atoms with Crippen LogP contribution in [0.5, 0.6) is 0 Å². The molecule has 0 radical (unpaired) electrons. The van der Waals surface area contributed by atoms with Gasteiger partial charge in [-0.05, 0) is 48.7 Å². The topological polar surface area (TPSA) is 45.8 Å². The highest BCUT2D eigenvalue weighted by atomic mass is 19.1. The number of rotatable bonds is 1. The second-order valence-electron chi connectivity index (χ2n) is 6.65. The molecule has 0 spiro atoms. The van der Waals surface area contributed by atoms with E-state index in [-0.39, 0.29) is 7.21 Å². The summed E-state index contributed by atoms with van der Waals surface area (Å²) in [5.41, 5.74) is 2.67. The van der Waals surface area contributed by atoms with Crippen molar-refractivity contribution in [1.82, 2.24) is 4.57 Å². The van der Waals surface area contributed by atoms with Gasteiger partial charge in [-0.3, -0.25) is 4.79 Å². The van der Waals surface area contributed by atoms with Crippen LogP contribution >= 0.6 is 0 Å². The summed E-state index contributed by atoms with van der Waals surface area (Å²) in [6.45, 7) is 0.668. The molecule has 0 N–H and O–H groups in total. The van der Waals surface area contributed by atoms with E-state index < -0.39 is 11.6 Å². The third kappa shape index (κ3) is 2.78. The van der Waals surface area contributed by atoms with E-state index >= 15 is 0 Å². The van der Waals surface area contributed by atoms with Crippen LogP contribution in [0.3, 0.4) is 0 Å². The van der Waals surface area contributed by atoms with Gasteiger partial charge in [-0.25, -0.2) is 8.78 Å². The summed E-state index contributed by atoms with van der Waals surface area (Å²) in [5.74, 6) is -1.28. The molecule has 3 nitrogen and oxygen atoms in total. The van der Waals surface area contributed by atoms with Gasteiger partial charge < -0.3 is 4.57 Å². The highest BCUT2D eigenvalue weighted by molar-refractivity contribution is 6.04. The van der Waals surface area contributed by atoms with Crippen molar-refractivity contribution in [2.75, 3.05) is 0 Å².